The van der Waals surface area contributed by atoms with Crippen LogP contribution in [0.5, 0.6) is 0 Å². The molecule has 1 amide bonds. The van der Waals surface area contributed by atoms with Crippen molar-refractivity contribution in [3.8, 4) is 0 Å². The largest absolute Gasteiger partial charge is 0.481 e. The van der Waals surface area contributed by atoms with E-state index in [2.05, 4.69) is 0 Å². The first kappa shape index (κ1) is 17.2. The van der Waals surface area contributed by atoms with Crippen molar-refractivity contribution in [2.24, 2.45) is 5.73 Å². The summed E-state index contributed by atoms with van der Waals surface area (Å²) in [5.41, 5.74) is 6.88. The Balaban J connectivity index is 3.04. The summed E-state index contributed by atoms with van der Waals surface area (Å²) in [6.45, 7) is 5.73. The monoisotopic (exact) mass is 292 g/mol. The maximum absolute atomic E-state index is 12.7. The van der Waals surface area contributed by atoms with E-state index in [1.807, 2.05) is 38.1 Å². The Morgan fingerprint density at radius 3 is 2.33 bits per heavy atom. The zero-order valence-corrected chi connectivity index (χ0v) is 12.9. The second-order valence-electron chi connectivity index (χ2n) is 5.60. The zero-order valence-electron chi connectivity index (χ0n) is 12.9. The van der Waals surface area contributed by atoms with Crippen LogP contribution >= 0.6 is 0 Å². The smallest absolute Gasteiger partial charge is 0.305 e. The average molecular weight is 292 g/mol. The summed E-state index contributed by atoms with van der Waals surface area (Å²) in [5, 5.41) is 8.87. The third-order valence-electron chi connectivity index (χ3n) is 3.40. The molecule has 5 heteroatoms. The summed E-state index contributed by atoms with van der Waals surface area (Å²) in [4.78, 5) is 25.0. The van der Waals surface area contributed by atoms with E-state index in [1.54, 1.807) is 6.92 Å². The summed E-state index contributed by atoms with van der Waals surface area (Å²) in [5.74, 6) is -1.18. The highest BCUT2D eigenvalue weighted by molar-refractivity contribution is 6.00. The second-order valence-corrected chi connectivity index (χ2v) is 5.60. The first-order valence-electron chi connectivity index (χ1n) is 7.17. The SMILES string of the molecule is CCCC(C)(N)C(=O)N(CCC(=O)O)c1ccc(C)cc1. The Labute approximate surface area is 125 Å². The normalized spacial score (nSPS) is 13.5. The number of hydrogen-bond donors (Lipinski definition) is 2. The lowest BCUT2D eigenvalue weighted by Crippen LogP contribution is -2.54. The fraction of sp³-hybridized carbons (Fsp3) is 0.500. The number of benzene rings is 1. The van der Waals surface area contributed by atoms with Gasteiger partial charge in [-0.05, 0) is 32.4 Å². The number of aryl methyl sites for hydroxylation is 1. The molecular weight excluding hydrogens is 268 g/mol. The number of aliphatic carboxylic acids is 1. The summed E-state index contributed by atoms with van der Waals surface area (Å²) < 4.78 is 0. The number of carbonyl (C=O) groups excluding carboxylic acids is 1. The van der Waals surface area contributed by atoms with E-state index in [0.717, 1.165) is 12.0 Å². The number of carboxylic acids is 1. The molecule has 21 heavy (non-hydrogen) atoms. The number of anilines is 1. The molecule has 1 aromatic rings. The van der Waals surface area contributed by atoms with Gasteiger partial charge in [-0.25, -0.2) is 0 Å². The molecule has 1 atom stereocenters. The van der Waals surface area contributed by atoms with Crippen LogP contribution in [-0.2, 0) is 9.59 Å². The van der Waals surface area contributed by atoms with E-state index in [0.29, 0.717) is 12.1 Å². The maximum Gasteiger partial charge on any atom is 0.305 e. The topological polar surface area (TPSA) is 83.6 Å². The van der Waals surface area contributed by atoms with Crippen LogP contribution in [0.4, 0.5) is 5.69 Å². The first-order chi connectivity index (χ1) is 9.77. The molecule has 3 N–H and O–H groups in total. The molecule has 5 nitrogen and oxygen atoms in total. The fourth-order valence-electron chi connectivity index (χ4n) is 2.21. The number of nitrogens with two attached hydrogens (primary N) is 1. The van der Waals surface area contributed by atoms with E-state index in [4.69, 9.17) is 10.8 Å². The van der Waals surface area contributed by atoms with Crippen molar-refractivity contribution in [1.29, 1.82) is 0 Å². The molecule has 0 aliphatic carbocycles. The van der Waals surface area contributed by atoms with Gasteiger partial charge in [0, 0.05) is 12.2 Å². The molecule has 1 aromatic carbocycles. The predicted octanol–water partition coefficient (Wildman–Crippen LogP) is 2.32. The quantitative estimate of drug-likeness (QED) is 0.808. The molecule has 0 heterocycles. The van der Waals surface area contributed by atoms with E-state index < -0.39 is 11.5 Å². The standard InChI is InChI=1S/C16H24N2O3/c1-4-10-16(3,17)15(21)18(11-9-14(19)20)13-7-5-12(2)6-8-13/h5-8H,4,9-11,17H2,1-3H3,(H,19,20). The molecule has 0 bridgehead atoms. The third kappa shape index (κ3) is 4.86. The molecule has 0 spiro atoms. The first-order valence-corrected chi connectivity index (χ1v) is 7.17. The molecule has 116 valence electrons. The number of carbonyl (C=O) groups is 2. The van der Waals surface area contributed by atoms with E-state index in [1.165, 1.54) is 4.90 Å². The number of rotatable bonds is 7. The van der Waals surface area contributed by atoms with Gasteiger partial charge in [0.1, 0.15) is 0 Å². The Morgan fingerprint density at radius 2 is 1.86 bits per heavy atom. The van der Waals surface area contributed by atoms with Crippen molar-refractivity contribution >= 4 is 17.6 Å². The van der Waals surface area contributed by atoms with E-state index >= 15 is 0 Å². The Kier molecular flexibility index (Phi) is 5.90. The molecule has 0 saturated carbocycles. The van der Waals surface area contributed by atoms with Crippen molar-refractivity contribution in [2.75, 3.05) is 11.4 Å². The van der Waals surface area contributed by atoms with Crippen molar-refractivity contribution in [3.05, 3.63) is 29.8 Å². The second kappa shape index (κ2) is 7.22. The Hall–Kier alpha value is -1.88. The van der Waals surface area contributed by atoms with Gasteiger partial charge in [-0.1, -0.05) is 31.0 Å². The van der Waals surface area contributed by atoms with E-state index in [9.17, 15) is 9.59 Å². The van der Waals surface area contributed by atoms with Crippen LogP contribution in [0.15, 0.2) is 24.3 Å². The van der Waals surface area contributed by atoms with Crippen molar-refractivity contribution < 1.29 is 14.7 Å². The van der Waals surface area contributed by atoms with Gasteiger partial charge < -0.3 is 15.7 Å². The fourth-order valence-corrected chi connectivity index (χ4v) is 2.21. The van der Waals surface area contributed by atoms with Gasteiger partial charge in [0.05, 0.1) is 12.0 Å². The molecule has 0 saturated heterocycles. The molecule has 0 aromatic heterocycles. The predicted molar refractivity (Wildman–Crippen MR) is 83.3 cm³/mol. The van der Waals surface area contributed by atoms with Crippen LogP contribution in [0, 0.1) is 6.92 Å². The van der Waals surface area contributed by atoms with Gasteiger partial charge in [0.25, 0.3) is 0 Å². The van der Waals surface area contributed by atoms with Crippen LogP contribution in [0.1, 0.15) is 38.7 Å². The summed E-state index contributed by atoms with van der Waals surface area (Å²) in [6.07, 6.45) is 1.24. The number of carboxylic acid groups (broad SMARTS) is 1. The van der Waals surface area contributed by atoms with Gasteiger partial charge in [-0.2, -0.15) is 0 Å². The summed E-state index contributed by atoms with van der Waals surface area (Å²) in [7, 11) is 0. The van der Waals surface area contributed by atoms with Crippen LogP contribution in [0.3, 0.4) is 0 Å². The van der Waals surface area contributed by atoms with Gasteiger partial charge >= 0.3 is 5.97 Å². The lowest BCUT2D eigenvalue weighted by atomic mass is 9.95. The van der Waals surface area contributed by atoms with E-state index in [-0.39, 0.29) is 18.9 Å². The molecule has 0 fully saturated rings. The van der Waals surface area contributed by atoms with Gasteiger partial charge in [0.2, 0.25) is 5.91 Å². The minimum Gasteiger partial charge on any atom is -0.481 e. The minimum absolute atomic E-state index is 0.109. The maximum atomic E-state index is 12.7. The summed E-state index contributed by atoms with van der Waals surface area (Å²) >= 11 is 0. The van der Waals surface area contributed by atoms with Gasteiger partial charge in [-0.3, -0.25) is 9.59 Å². The molecule has 0 aliphatic heterocycles. The molecular formula is C16H24N2O3. The van der Waals surface area contributed by atoms with Crippen LogP contribution in [-0.4, -0.2) is 29.1 Å². The lowest BCUT2D eigenvalue weighted by Gasteiger charge is -2.31. The third-order valence-corrected chi connectivity index (χ3v) is 3.40. The highest BCUT2D eigenvalue weighted by Gasteiger charge is 2.32. The highest BCUT2D eigenvalue weighted by atomic mass is 16.4. The zero-order chi connectivity index (χ0) is 16.0. The van der Waals surface area contributed by atoms with Crippen LogP contribution < -0.4 is 10.6 Å². The van der Waals surface area contributed by atoms with Crippen LogP contribution in [0.25, 0.3) is 0 Å². The average Bonchev–Trinajstić information content (AvgIpc) is 2.40. The van der Waals surface area contributed by atoms with Crippen molar-refractivity contribution in [2.45, 2.75) is 45.6 Å². The lowest BCUT2D eigenvalue weighted by molar-refractivity contribution is -0.136. The number of amides is 1. The Morgan fingerprint density at radius 1 is 1.29 bits per heavy atom. The molecule has 1 unspecified atom stereocenters. The van der Waals surface area contributed by atoms with Crippen molar-refractivity contribution in [3.63, 3.8) is 0 Å². The Bertz CT molecular complexity index is 495. The highest BCUT2D eigenvalue weighted by Crippen LogP contribution is 2.21. The minimum atomic E-state index is -0.988. The summed E-state index contributed by atoms with van der Waals surface area (Å²) in [6, 6.07) is 7.42. The molecule has 1 rings (SSSR count). The van der Waals surface area contributed by atoms with Gasteiger partial charge in [-0.15, -0.1) is 0 Å². The molecule has 0 aliphatic rings. The van der Waals surface area contributed by atoms with Crippen LogP contribution in [0.2, 0.25) is 0 Å². The number of hydrogen-bond acceptors (Lipinski definition) is 3. The van der Waals surface area contributed by atoms with Gasteiger partial charge in [0.15, 0.2) is 0 Å². The number of nitrogens with zero attached hydrogens (tertiary/aromatic N) is 1. The van der Waals surface area contributed by atoms with Crippen molar-refractivity contribution in [1.82, 2.24) is 0 Å². The molecule has 0 radical (unpaired) electrons.